The van der Waals surface area contributed by atoms with E-state index in [1.807, 2.05) is 37.3 Å². The molecule has 2 unspecified atom stereocenters. The number of ketones is 1. The summed E-state index contributed by atoms with van der Waals surface area (Å²) in [6.45, 7) is 2.04. The summed E-state index contributed by atoms with van der Waals surface area (Å²) in [5.41, 5.74) is 2.90. The Morgan fingerprint density at radius 1 is 0.971 bits per heavy atom. The molecule has 2 heterocycles. The molecule has 1 fully saturated rings. The lowest BCUT2D eigenvalue weighted by molar-refractivity contribution is -0.140. The molecular weight excluding hydrogens is 446 g/mol. The van der Waals surface area contributed by atoms with Gasteiger partial charge in [0, 0.05) is 18.5 Å². The van der Waals surface area contributed by atoms with E-state index in [-0.39, 0.29) is 29.5 Å². The van der Waals surface area contributed by atoms with Crippen LogP contribution >= 0.6 is 0 Å². The van der Waals surface area contributed by atoms with E-state index in [1.165, 1.54) is 17.0 Å². The molecule has 0 spiro atoms. The van der Waals surface area contributed by atoms with Gasteiger partial charge in [0.25, 0.3) is 11.7 Å². The number of carbonyl (C=O) groups excluding carboxylic acids is 2. The smallest absolute Gasteiger partial charge is 0.335 e. The quantitative estimate of drug-likeness (QED) is 0.328. The van der Waals surface area contributed by atoms with Crippen molar-refractivity contribution in [3.8, 4) is 5.75 Å². The molecule has 35 heavy (non-hydrogen) atoms. The number of carboxylic acids is 1. The van der Waals surface area contributed by atoms with E-state index in [0.29, 0.717) is 23.1 Å². The Hall–Kier alpha value is -4.39. The Labute approximate surface area is 201 Å². The molecule has 3 aromatic carbocycles. The molecule has 2 aliphatic heterocycles. The summed E-state index contributed by atoms with van der Waals surface area (Å²) in [4.78, 5) is 39.0. The van der Waals surface area contributed by atoms with Crippen molar-refractivity contribution in [2.75, 3.05) is 0 Å². The summed E-state index contributed by atoms with van der Waals surface area (Å²) in [7, 11) is 0. The van der Waals surface area contributed by atoms with Gasteiger partial charge in [-0.25, -0.2) is 4.79 Å². The molecule has 176 valence electrons. The number of hydrogen-bond acceptors (Lipinski definition) is 5. The number of rotatable bonds is 5. The van der Waals surface area contributed by atoms with Crippen LogP contribution in [0.5, 0.6) is 5.75 Å². The van der Waals surface area contributed by atoms with Crippen molar-refractivity contribution in [1.29, 1.82) is 0 Å². The maximum absolute atomic E-state index is 13.2. The first kappa shape index (κ1) is 22.4. The van der Waals surface area contributed by atoms with Gasteiger partial charge < -0.3 is 19.8 Å². The van der Waals surface area contributed by atoms with Crippen LogP contribution in [0.15, 0.2) is 78.4 Å². The Morgan fingerprint density at radius 2 is 1.66 bits per heavy atom. The van der Waals surface area contributed by atoms with Crippen molar-refractivity contribution in [1.82, 2.24) is 4.90 Å². The van der Waals surface area contributed by atoms with Crippen molar-refractivity contribution in [2.24, 2.45) is 0 Å². The largest absolute Gasteiger partial charge is 0.507 e. The van der Waals surface area contributed by atoms with Crippen LogP contribution in [0.25, 0.3) is 5.76 Å². The standard InChI is InChI=1S/C28H23NO6/c1-16-13-21-14-20(11-12-22(21)35-16)25(30)23-24(18-5-3-2-4-6-18)29(27(32)26(23)31)15-17-7-9-19(10-8-17)28(33)34/h2-12,14,16,24,30H,13,15H2,1H3,(H,33,34)/b25-23-. The highest BCUT2D eigenvalue weighted by Crippen LogP contribution is 2.41. The molecule has 0 aliphatic carbocycles. The van der Waals surface area contributed by atoms with Crippen molar-refractivity contribution in [3.05, 3.63) is 106 Å². The van der Waals surface area contributed by atoms with Crippen molar-refractivity contribution in [3.63, 3.8) is 0 Å². The van der Waals surface area contributed by atoms with Crippen LogP contribution in [-0.2, 0) is 22.6 Å². The fourth-order valence-electron chi connectivity index (χ4n) is 4.70. The van der Waals surface area contributed by atoms with E-state index in [4.69, 9.17) is 9.84 Å². The van der Waals surface area contributed by atoms with E-state index >= 15 is 0 Å². The van der Waals surface area contributed by atoms with Crippen LogP contribution < -0.4 is 4.74 Å². The first-order valence-corrected chi connectivity index (χ1v) is 11.3. The molecular formula is C28H23NO6. The second-order valence-electron chi connectivity index (χ2n) is 8.79. The fraction of sp³-hybridized carbons (Fsp3) is 0.179. The van der Waals surface area contributed by atoms with Gasteiger partial charge in [0.15, 0.2) is 0 Å². The molecule has 2 aliphatic rings. The predicted octanol–water partition coefficient (Wildman–Crippen LogP) is 4.33. The number of carboxylic acid groups (broad SMARTS) is 1. The van der Waals surface area contributed by atoms with Crippen LogP contribution in [0.1, 0.15) is 45.6 Å². The number of ether oxygens (including phenoxy) is 1. The van der Waals surface area contributed by atoms with Crippen LogP contribution in [-0.4, -0.2) is 38.9 Å². The first-order chi connectivity index (χ1) is 16.8. The van der Waals surface area contributed by atoms with Crippen LogP contribution in [0.4, 0.5) is 0 Å². The minimum atomic E-state index is -1.05. The Balaban J connectivity index is 1.58. The summed E-state index contributed by atoms with van der Waals surface area (Å²) >= 11 is 0. The van der Waals surface area contributed by atoms with Crippen molar-refractivity contribution in [2.45, 2.75) is 32.0 Å². The average molecular weight is 469 g/mol. The molecule has 0 aromatic heterocycles. The maximum Gasteiger partial charge on any atom is 0.335 e. The molecule has 2 N–H and O–H groups in total. The third-order valence-corrected chi connectivity index (χ3v) is 6.38. The van der Waals surface area contributed by atoms with Crippen LogP contribution in [0.3, 0.4) is 0 Å². The molecule has 7 heteroatoms. The molecule has 0 bridgehead atoms. The zero-order valence-corrected chi connectivity index (χ0v) is 19.0. The number of amides is 1. The van der Waals surface area contributed by atoms with E-state index < -0.39 is 23.7 Å². The summed E-state index contributed by atoms with van der Waals surface area (Å²) in [5, 5.41) is 20.4. The van der Waals surface area contributed by atoms with Gasteiger partial charge in [-0.3, -0.25) is 9.59 Å². The lowest BCUT2D eigenvalue weighted by Gasteiger charge is -2.25. The molecule has 3 aromatic rings. The van der Waals surface area contributed by atoms with E-state index in [9.17, 15) is 19.5 Å². The predicted molar refractivity (Wildman–Crippen MR) is 128 cm³/mol. The molecule has 5 rings (SSSR count). The van der Waals surface area contributed by atoms with E-state index in [1.54, 1.807) is 30.3 Å². The van der Waals surface area contributed by atoms with Gasteiger partial charge in [-0.05, 0) is 53.9 Å². The molecule has 1 amide bonds. The number of aliphatic hydroxyl groups excluding tert-OH is 1. The second-order valence-corrected chi connectivity index (χ2v) is 8.79. The zero-order chi connectivity index (χ0) is 24.7. The number of nitrogens with zero attached hydrogens (tertiary/aromatic N) is 1. The minimum Gasteiger partial charge on any atom is -0.507 e. The van der Waals surface area contributed by atoms with Gasteiger partial charge >= 0.3 is 5.97 Å². The molecule has 0 radical (unpaired) electrons. The highest BCUT2D eigenvalue weighted by atomic mass is 16.5. The average Bonchev–Trinajstić information content (AvgIpc) is 3.35. The zero-order valence-electron chi connectivity index (χ0n) is 19.0. The summed E-state index contributed by atoms with van der Waals surface area (Å²) in [6.07, 6.45) is 0.726. The van der Waals surface area contributed by atoms with Gasteiger partial charge in [0.05, 0.1) is 17.2 Å². The second kappa shape index (κ2) is 8.76. The molecule has 0 saturated carbocycles. The lowest BCUT2D eigenvalue weighted by atomic mass is 9.94. The number of carbonyl (C=O) groups is 3. The van der Waals surface area contributed by atoms with Crippen LogP contribution in [0, 0.1) is 0 Å². The molecule has 2 atom stereocenters. The van der Waals surface area contributed by atoms with Crippen molar-refractivity contribution >= 4 is 23.4 Å². The number of likely N-dealkylation sites (tertiary alicyclic amines) is 1. The number of fused-ring (bicyclic) bond motifs is 1. The Kier molecular flexibility index (Phi) is 5.61. The van der Waals surface area contributed by atoms with E-state index in [2.05, 4.69) is 0 Å². The normalized spacial score (nSPS) is 20.5. The van der Waals surface area contributed by atoms with Gasteiger partial charge in [0.2, 0.25) is 0 Å². The minimum absolute atomic E-state index is 0.0234. The lowest BCUT2D eigenvalue weighted by Crippen LogP contribution is -2.29. The molecule has 1 saturated heterocycles. The van der Waals surface area contributed by atoms with Gasteiger partial charge in [-0.15, -0.1) is 0 Å². The number of aliphatic hydroxyl groups is 1. The highest BCUT2D eigenvalue weighted by molar-refractivity contribution is 6.46. The maximum atomic E-state index is 13.2. The number of benzene rings is 3. The Morgan fingerprint density at radius 3 is 2.34 bits per heavy atom. The summed E-state index contributed by atoms with van der Waals surface area (Å²) < 4.78 is 5.74. The van der Waals surface area contributed by atoms with Crippen molar-refractivity contribution < 1.29 is 29.3 Å². The monoisotopic (exact) mass is 469 g/mol. The SMILES string of the molecule is CC1Cc2cc(/C(O)=C3/C(=O)C(=O)N(Cc4ccc(C(=O)O)cc4)C3c3ccccc3)ccc2O1. The number of hydrogen-bond donors (Lipinski definition) is 2. The third kappa shape index (κ3) is 4.05. The Bertz CT molecular complexity index is 1360. The first-order valence-electron chi connectivity index (χ1n) is 11.3. The number of aromatic carboxylic acids is 1. The van der Waals surface area contributed by atoms with Gasteiger partial charge in [-0.2, -0.15) is 0 Å². The molecule has 7 nitrogen and oxygen atoms in total. The van der Waals surface area contributed by atoms with E-state index in [0.717, 1.165) is 11.3 Å². The third-order valence-electron chi connectivity index (χ3n) is 6.38. The van der Waals surface area contributed by atoms with Gasteiger partial charge in [-0.1, -0.05) is 42.5 Å². The summed E-state index contributed by atoms with van der Waals surface area (Å²) in [5.74, 6) is -2.01. The van der Waals surface area contributed by atoms with Crippen LogP contribution in [0.2, 0.25) is 0 Å². The number of Topliss-reactive ketones (excluding diaryl/α,β-unsaturated/α-hetero) is 1. The fourth-order valence-corrected chi connectivity index (χ4v) is 4.70. The highest BCUT2D eigenvalue weighted by Gasteiger charge is 2.46. The summed E-state index contributed by atoms with van der Waals surface area (Å²) in [6, 6.07) is 19.7. The van der Waals surface area contributed by atoms with Gasteiger partial charge in [0.1, 0.15) is 17.6 Å². The topological polar surface area (TPSA) is 104 Å².